The van der Waals surface area contributed by atoms with Crippen LogP contribution in [0.15, 0.2) is 18.2 Å². The van der Waals surface area contributed by atoms with E-state index in [-0.39, 0.29) is 18.4 Å². The van der Waals surface area contributed by atoms with Crippen molar-refractivity contribution in [2.45, 2.75) is 92.3 Å². The van der Waals surface area contributed by atoms with Crippen LogP contribution < -0.4 is 10.6 Å². The van der Waals surface area contributed by atoms with E-state index in [9.17, 15) is 14.4 Å². The third-order valence-electron chi connectivity index (χ3n) is 4.96. The second-order valence-electron chi connectivity index (χ2n) is 10.2. The standard InChI is InChI=1S/C25H41N3O4/c1-10-11-14-26-22(30)21(19-13-12-17(2)18(3)15-19)28(24(4,5)6)20(29)16-27-23(31)32-25(7,8)9/h12-13,15,21H,10-11,14,16H2,1-9H3,(H,26,30)(H,27,31). The molecule has 0 spiro atoms. The third-order valence-corrected chi connectivity index (χ3v) is 4.96. The average Bonchev–Trinajstić information content (AvgIpc) is 2.64. The van der Waals surface area contributed by atoms with Crippen LogP contribution in [0.25, 0.3) is 0 Å². The zero-order valence-electron chi connectivity index (χ0n) is 21.2. The van der Waals surface area contributed by atoms with Crippen molar-refractivity contribution in [3.05, 3.63) is 34.9 Å². The number of unbranched alkanes of at least 4 members (excludes halogenated alkanes) is 1. The molecule has 0 radical (unpaired) electrons. The number of hydrogen-bond donors (Lipinski definition) is 2. The minimum atomic E-state index is -0.820. The molecule has 7 nitrogen and oxygen atoms in total. The Morgan fingerprint density at radius 2 is 1.62 bits per heavy atom. The number of carbonyl (C=O) groups is 3. The number of benzene rings is 1. The van der Waals surface area contributed by atoms with Crippen LogP contribution in [0.4, 0.5) is 4.79 Å². The highest BCUT2D eigenvalue weighted by Gasteiger charge is 2.38. The smallest absolute Gasteiger partial charge is 0.408 e. The van der Waals surface area contributed by atoms with Crippen molar-refractivity contribution in [3.8, 4) is 0 Å². The molecule has 1 aromatic carbocycles. The van der Waals surface area contributed by atoms with Crippen LogP contribution in [0.3, 0.4) is 0 Å². The first-order valence-corrected chi connectivity index (χ1v) is 11.3. The molecule has 0 heterocycles. The Kier molecular flexibility index (Phi) is 9.73. The molecule has 0 bridgehead atoms. The maximum absolute atomic E-state index is 13.3. The molecule has 1 aromatic rings. The summed E-state index contributed by atoms with van der Waals surface area (Å²) in [5.74, 6) is -0.598. The topological polar surface area (TPSA) is 87.7 Å². The third kappa shape index (κ3) is 8.52. The molecular formula is C25H41N3O4. The molecule has 180 valence electrons. The van der Waals surface area contributed by atoms with Gasteiger partial charge in [-0.05, 0) is 78.5 Å². The van der Waals surface area contributed by atoms with Crippen LogP contribution in [0.5, 0.6) is 0 Å². The summed E-state index contributed by atoms with van der Waals surface area (Å²) < 4.78 is 5.24. The summed E-state index contributed by atoms with van der Waals surface area (Å²) in [5, 5.41) is 5.50. The molecule has 1 unspecified atom stereocenters. The number of amides is 3. The summed E-state index contributed by atoms with van der Waals surface area (Å²) in [4.78, 5) is 40.3. The number of nitrogens with zero attached hydrogens (tertiary/aromatic N) is 1. The largest absolute Gasteiger partial charge is 0.444 e. The first-order valence-electron chi connectivity index (χ1n) is 11.3. The zero-order valence-corrected chi connectivity index (χ0v) is 21.2. The Labute approximate surface area is 193 Å². The minimum absolute atomic E-state index is 0.234. The Morgan fingerprint density at radius 3 is 2.12 bits per heavy atom. The highest BCUT2D eigenvalue weighted by Crippen LogP contribution is 2.30. The lowest BCUT2D eigenvalue weighted by molar-refractivity contribution is -0.145. The second-order valence-corrected chi connectivity index (χ2v) is 10.2. The van der Waals surface area contributed by atoms with Gasteiger partial charge in [0.2, 0.25) is 11.8 Å². The predicted molar refractivity (Wildman–Crippen MR) is 127 cm³/mol. The van der Waals surface area contributed by atoms with Crippen LogP contribution in [-0.4, -0.2) is 47.0 Å². The fourth-order valence-electron chi connectivity index (χ4n) is 3.29. The van der Waals surface area contributed by atoms with Gasteiger partial charge in [-0.25, -0.2) is 4.79 Å². The van der Waals surface area contributed by atoms with Crippen LogP contribution in [0, 0.1) is 13.8 Å². The van der Waals surface area contributed by atoms with E-state index in [4.69, 9.17) is 4.74 Å². The van der Waals surface area contributed by atoms with E-state index < -0.39 is 23.3 Å². The van der Waals surface area contributed by atoms with E-state index in [0.29, 0.717) is 6.54 Å². The SMILES string of the molecule is CCCCNC(=O)C(c1ccc(C)c(C)c1)N(C(=O)CNC(=O)OC(C)(C)C)C(C)(C)C. The van der Waals surface area contributed by atoms with E-state index >= 15 is 0 Å². The van der Waals surface area contributed by atoms with Gasteiger partial charge in [-0.1, -0.05) is 31.5 Å². The van der Waals surface area contributed by atoms with E-state index in [0.717, 1.165) is 29.5 Å². The Bertz CT molecular complexity index is 806. The summed E-state index contributed by atoms with van der Waals surface area (Å²) in [5.41, 5.74) is 1.56. The lowest BCUT2D eigenvalue weighted by Gasteiger charge is -2.41. The van der Waals surface area contributed by atoms with Crippen LogP contribution in [0.1, 0.15) is 84.0 Å². The lowest BCUT2D eigenvalue weighted by Crippen LogP contribution is -2.55. The van der Waals surface area contributed by atoms with Crippen LogP contribution in [0.2, 0.25) is 0 Å². The number of aryl methyl sites for hydroxylation is 2. The second kappa shape index (κ2) is 11.3. The molecule has 0 aromatic heterocycles. The van der Waals surface area contributed by atoms with E-state index in [1.54, 1.807) is 25.7 Å². The summed E-state index contributed by atoms with van der Waals surface area (Å²) in [6, 6.07) is 4.98. The lowest BCUT2D eigenvalue weighted by atomic mass is 9.94. The summed E-state index contributed by atoms with van der Waals surface area (Å²) in [6.07, 6.45) is 1.14. The van der Waals surface area contributed by atoms with Gasteiger partial charge in [0.25, 0.3) is 0 Å². The van der Waals surface area contributed by atoms with Gasteiger partial charge in [0.1, 0.15) is 18.2 Å². The normalized spacial score (nSPS) is 12.7. The molecule has 0 aliphatic heterocycles. The maximum atomic E-state index is 13.3. The Balaban J connectivity index is 3.27. The molecule has 1 rings (SSSR count). The van der Waals surface area contributed by atoms with Gasteiger partial charge in [-0.3, -0.25) is 9.59 Å². The molecule has 0 saturated carbocycles. The summed E-state index contributed by atoms with van der Waals surface area (Å²) in [6.45, 7) is 17.2. The van der Waals surface area contributed by atoms with E-state index in [2.05, 4.69) is 17.6 Å². The van der Waals surface area contributed by atoms with Gasteiger partial charge in [-0.15, -0.1) is 0 Å². The van der Waals surface area contributed by atoms with E-state index in [1.807, 2.05) is 52.8 Å². The van der Waals surface area contributed by atoms with Crippen molar-refractivity contribution in [3.63, 3.8) is 0 Å². The average molecular weight is 448 g/mol. The molecule has 0 aliphatic rings. The van der Waals surface area contributed by atoms with Gasteiger partial charge >= 0.3 is 6.09 Å². The van der Waals surface area contributed by atoms with Gasteiger partial charge in [0, 0.05) is 12.1 Å². The zero-order chi connectivity index (χ0) is 24.7. The first kappa shape index (κ1) is 27.5. The van der Waals surface area contributed by atoms with Crippen LogP contribution >= 0.6 is 0 Å². The van der Waals surface area contributed by atoms with Crippen molar-refractivity contribution < 1.29 is 19.1 Å². The highest BCUT2D eigenvalue weighted by molar-refractivity contribution is 5.91. The summed E-state index contributed by atoms with van der Waals surface area (Å²) >= 11 is 0. The number of ether oxygens (including phenoxy) is 1. The van der Waals surface area contributed by atoms with Crippen molar-refractivity contribution in [2.24, 2.45) is 0 Å². The monoisotopic (exact) mass is 447 g/mol. The summed E-state index contributed by atoms with van der Waals surface area (Å²) in [7, 11) is 0. The van der Waals surface area contributed by atoms with Gasteiger partial charge in [0.15, 0.2) is 0 Å². The number of carbonyl (C=O) groups excluding carboxylic acids is 3. The maximum Gasteiger partial charge on any atom is 0.408 e. The fourth-order valence-corrected chi connectivity index (χ4v) is 3.29. The van der Waals surface area contributed by atoms with Gasteiger partial charge in [0.05, 0.1) is 0 Å². The molecule has 0 saturated heterocycles. The molecule has 0 aliphatic carbocycles. The molecule has 1 atom stereocenters. The predicted octanol–water partition coefficient (Wildman–Crippen LogP) is 4.41. The van der Waals surface area contributed by atoms with E-state index in [1.165, 1.54) is 0 Å². The molecule has 7 heteroatoms. The van der Waals surface area contributed by atoms with Gasteiger partial charge < -0.3 is 20.3 Å². The molecular weight excluding hydrogens is 406 g/mol. The first-order chi connectivity index (χ1) is 14.7. The molecule has 3 amide bonds. The number of hydrogen-bond acceptors (Lipinski definition) is 4. The quantitative estimate of drug-likeness (QED) is 0.578. The highest BCUT2D eigenvalue weighted by atomic mass is 16.6. The Hall–Kier alpha value is -2.57. The van der Waals surface area contributed by atoms with Crippen molar-refractivity contribution in [1.82, 2.24) is 15.5 Å². The molecule has 32 heavy (non-hydrogen) atoms. The van der Waals surface area contributed by atoms with Crippen molar-refractivity contribution in [2.75, 3.05) is 13.1 Å². The molecule has 2 N–H and O–H groups in total. The number of alkyl carbamates (subject to hydrolysis) is 1. The fraction of sp³-hybridized carbons (Fsp3) is 0.640. The number of rotatable bonds is 8. The molecule has 0 fully saturated rings. The van der Waals surface area contributed by atoms with Gasteiger partial charge in [-0.2, -0.15) is 0 Å². The van der Waals surface area contributed by atoms with Crippen LogP contribution in [-0.2, 0) is 14.3 Å². The Morgan fingerprint density at radius 1 is 1.00 bits per heavy atom. The van der Waals surface area contributed by atoms with Crippen molar-refractivity contribution >= 4 is 17.9 Å². The minimum Gasteiger partial charge on any atom is -0.444 e. The number of nitrogens with one attached hydrogen (secondary N) is 2. The van der Waals surface area contributed by atoms with Crippen molar-refractivity contribution in [1.29, 1.82) is 0 Å².